The van der Waals surface area contributed by atoms with Crippen LogP contribution in [0.15, 0.2) is 46.0 Å². The van der Waals surface area contributed by atoms with E-state index in [0.717, 1.165) is 53.9 Å². The van der Waals surface area contributed by atoms with Gasteiger partial charge in [0.1, 0.15) is 11.6 Å². The number of aryl methyl sites for hydroxylation is 2. The molecule has 0 aliphatic rings. The number of hydrogen-bond acceptors (Lipinski definition) is 4. The molecule has 0 unspecified atom stereocenters. The molecule has 0 bridgehead atoms. The molecule has 0 fully saturated rings. The summed E-state index contributed by atoms with van der Waals surface area (Å²) < 4.78 is 5.22. The Kier molecular flexibility index (Phi) is 6.47. The molecule has 0 radical (unpaired) electrons. The molecule has 3 rings (SSSR count). The highest BCUT2D eigenvalue weighted by molar-refractivity contribution is 5.79. The van der Waals surface area contributed by atoms with Crippen molar-refractivity contribution in [1.29, 1.82) is 0 Å². The van der Waals surface area contributed by atoms with Crippen LogP contribution in [0.5, 0.6) is 0 Å². The van der Waals surface area contributed by atoms with E-state index in [-0.39, 0.29) is 0 Å². The Labute approximate surface area is 165 Å². The van der Waals surface area contributed by atoms with Gasteiger partial charge in [-0.2, -0.15) is 0 Å². The number of aromatic amines is 1. The second-order valence-corrected chi connectivity index (χ2v) is 6.85. The van der Waals surface area contributed by atoms with Crippen molar-refractivity contribution in [1.82, 2.24) is 25.3 Å². The molecule has 2 aromatic heterocycles. The fourth-order valence-corrected chi connectivity index (χ4v) is 3.22. The number of imidazole rings is 1. The van der Waals surface area contributed by atoms with Crippen LogP contribution in [-0.4, -0.2) is 46.6 Å². The number of nitrogens with one attached hydrogen (secondary N) is 2. The van der Waals surface area contributed by atoms with E-state index in [1.54, 1.807) is 7.05 Å². The Morgan fingerprint density at radius 1 is 1.25 bits per heavy atom. The minimum absolute atomic E-state index is 0.649. The molecule has 148 valence electrons. The third kappa shape index (κ3) is 4.79. The van der Waals surface area contributed by atoms with Crippen molar-refractivity contribution < 1.29 is 4.52 Å². The van der Waals surface area contributed by atoms with Gasteiger partial charge in [-0.3, -0.25) is 4.99 Å². The lowest BCUT2D eigenvalue weighted by molar-refractivity contribution is 0.392. The average Bonchev–Trinajstić information content (AvgIpc) is 3.30. The zero-order chi connectivity index (χ0) is 19.9. The van der Waals surface area contributed by atoms with Crippen LogP contribution in [0.4, 0.5) is 0 Å². The number of aromatic nitrogens is 3. The minimum atomic E-state index is 0.649. The summed E-state index contributed by atoms with van der Waals surface area (Å²) in [5.41, 5.74) is 4.33. The highest BCUT2D eigenvalue weighted by atomic mass is 16.5. The van der Waals surface area contributed by atoms with E-state index < -0.39 is 0 Å². The van der Waals surface area contributed by atoms with E-state index in [2.05, 4.69) is 42.5 Å². The number of hydrogen-bond donors (Lipinski definition) is 2. The minimum Gasteiger partial charge on any atom is -0.361 e. The Morgan fingerprint density at radius 2 is 2.04 bits per heavy atom. The third-order valence-corrected chi connectivity index (χ3v) is 4.74. The van der Waals surface area contributed by atoms with Gasteiger partial charge in [-0.05, 0) is 32.3 Å². The zero-order valence-electron chi connectivity index (χ0n) is 17.0. The first-order valence-electron chi connectivity index (χ1n) is 9.51. The molecular formula is C21H28N6O. The summed E-state index contributed by atoms with van der Waals surface area (Å²) in [4.78, 5) is 14.3. The van der Waals surface area contributed by atoms with Crippen molar-refractivity contribution in [3.63, 3.8) is 0 Å². The van der Waals surface area contributed by atoms with E-state index in [0.29, 0.717) is 6.54 Å². The Bertz CT molecular complexity index is 893. The van der Waals surface area contributed by atoms with E-state index in [4.69, 9.17) is 4.52 Å². The first-order chi connectivity index (χ1) is 13.6. The summed E-state index contributed by atoms with van der Waals surface area (Å²) in [6, 6.07) is 10.2. The number of benzene rings is 1. The van der Waals surface area contributed by atoms with Crippen LogP contribution < -0.4 is 5.32 Å². The van der Waals surface area contributed by atoms with Crippen LogP contribution in [-0.2, 0) is 13.0 Å². The number of guanidine groups is 1. The molecule has 0 atom stereocenters. The van der Waals surface area contributed by atoms with Gasteiger partial charge in [0.15, 0.2) is 5.96 Å². The Balaban J connectivity index is 1.50. The van der Waals surface area contributed by atoms with E-state index in [1.807, 2.05) is 45.3 Å². The molecule has 28 heavy (non-hydrogen) atoms. The average molecular weight is 380 g/mol. The van der Waals surface area contributed by atoms with Crippen molar-refractivity contribution in [2.45, 2.75) is 33.2 Å². The first-order valence-corrected chi connectivity index (χ1v) is 9.51. The smallest absolute Gasteiger partial charge is 0.193 e. The van der Waals surface area contributed by atoms with Gasteiger partial charge in [-0.25, -0.2) is 4.98 Å². The highest BCUT2D eigenvalue weighted by Gasteiger charge is 2.11. The lowest BCUT2D eigenvalue weighted by atomic mass is 10.1. The standard InChI is InChI=1S/C21H28N6O/c1-15-18(16(2)28-26-15)11-8-12-23-21(22-3)27(4)14-20-24-13-19(25-20)17-9-6-5-7-10-17/h5-7,9-10,13H,8,11-12,14H2,1-4H3,(H,22,23)(H,24,25). The van der Waals surface area contributed by atoms with Gasteiger partial charge < -0.3 is 19.7 Å². The fourth-order valence-electron chi connectivity index (χ4n) is 3.22. The monoisotopic (exact) mass is 380 g/mol. The molecule has 7 nitrogen and oxygen atoms in total. The molecule has 0 amide bonds. The van der Waals surface area contributed by atoms with Crippen molar-refractivity contribution >= 4 is 5.96 Å². The Morgan fingerprint density at radius 3 is 2.71 bits per heavy atom. The SMILES string of the molecule is CN=C(NCCCc1c(C)noc1C)N(C)Cc1ncc(-c2ccccc2)[nH]1. The first kappa shape index (κ1) is 19.7. The maximum atomic E-state index is 5.22. The Hall–Kier alpha value is -3.09. The molecule has 0 aliphatic heterocycles. The largest absolute Gasteiger partial charge is 0.361 e. The summed E-state index contributed by atoms with van der Waals surface area (Å²) in [7, 11) is 3.80. The van der Waals surface area contributed by atoms with Gasteiger partial charge in [-0.1, -0.05) is 35.5 Å². The van der Waals surface area contributed by atoms with Crippen LogP contribution in [0, 0.1) is 13.8 Å². The van der Waals surface area contributed by atoms with Crippen molar-refractivity contribution in [3.8, 4) is 11.3 Å². The summed E-state index contributed by atoms with van der Waals surface area (Å²) in [5, 5.41) is 7.42. The predicted molar refractivity (Wildman–Crippen MR) is 111 cm³/mol. The lowest BCUT2D eigenvalue weighted by Crippen LogP contribution is -2.39. The molecule has 2 heterocycles. The number of H-pyrrole nitrogens is 1. The maximum Gasteiger partial charge on any atom is 0.193 e. The molecular weight excluding hydrogens is 352 g/mol. The molecule has 0 saturated heterocycles. The quantitative estimate of drug-likeness (QED) is 0.373. The van der Waals surface area contributed by atoms with Crippen molar-refractivity contribution in [2.75, 3.05) is 20.6 Å². The van der Waals surface area contributed by atoms with E-state index >= 15 is 0 Å². The van der Waals surface area contributed by atoms with Crippen molar-refractivity contribution in [2.24, 2.45) is 4.99 Å². The van der Waals surface area contributed by atoms with Gasteiger partial charge in [0, 0.05) is 26.2 Å². The van der Waals surface area contributed by atoms with Gasteiger partial charge in [0.2, 0.25) is 0 Å². The number of rotatable bonds is 7. The zero-order valence-corrected chi connectivity index (χ0v) is 17.0. The molecule has 1 aromatic carbocycles. The van der Waals surface area contributed by atoms with Crippen LogP contribution in [0.1, 0.15) is 29.3 Å². The van der Waals surface area contributed by atoms with E-state index in [1.165, 1.54) is 5.56 Å². The van der Waals surface area contributed by atoms with Gasteiger partial charge in [0.25, 0.3) is 0 Å². The molecule has 2 N–H and O–H groups in total. The molecule has 3 aromatic rings. The van der Waals surface area contributed by atoms with Crippen LogP contribution >= 0.6 is 0 Å². The molecule has 0 saturated carbocycles. The third-order valence-electron chi connectivity index (χ3n) is 4.74. The summed E-state index contributed by atoms with van der Waals surface area (Å²) in [6.07, 6.45) is 3.79. The highest BCUT2D eigenvalue weighted by Crippen LogP contribution is 2.16. The molecule has 0 aliphatic carbocycles. The van der Waals surface area contributed by atoms with Gasteiger partial charge in [-0.15, -0.1) is 0 Å². The second kappa shape index (κ2) is 9.21. The summed E-state index contributed by atoms with van der Waals surface area (Å²) in [5.74, 6) is 2.66. The molecule has 7 heteroatoms. The second-order valence-electron chi connectivity index (χ2n) is 6.85. The van der Waals surface area contributed by atoms with Crippen LogP contribution in [0.3, 0.4) is 0 Å². The molecule has 0 spiro atoms. The summed E-state index contributed by atoms with van der Waals surface area (Å²) >= 11 is 0. The lowest BCUT2D eigenvalue weighted by Gasteiger charge is -2.21. The van der Waals surface area contributed by atoms with E-state index in [9.17, 15) is 0 Å². The number of aliphatic imine (C=N–C) groups is 1. The van der Waals surface area contributed by atoms with Gasteiger partial charge >= 0.3 is 0 Å². The fraction of sp³-hybridized carbons (Fsp3) is 0.381. The van der Waals surface area contributed by atoms with Gasteiger partial charge in [0.05, 0.1) is 24.1 Å². The predicted octanol–water partition coefficient (Wildman–Crippen LogP) is 3.32. The van der Waals surface area contributed by atoms with Crippen molar-refractivity contribution in [3.05, 3.63) is 59.4 Å². The normalized spacial score (nSPS) is 11.6. The van der Waals surface area contributed by atoms with Crippen LogP contribution in [0.2, 0.25) is 0 Å². The topological polar surface area (TPSA) is 82.3 Å². The maximum absolute atomic E-state index is 5.22. The van der Waals surface area contributed by atoms with Crippen LogP contribution in [0.25, 0.3) is 11.3 Å². The number of nitrogens with zero attached hydrogens (tertiary/aromatic N) is 4. The summed E-state index contributed by atoms with van der Waals surface area (Å²) in [6.45, 7) is 5.42.